The number of benzene rings is 1. The van der Waals surface area contributed by atoms with Crippen LogP contribution in [0.2, 0.25) is 0 Å². The van der Waals surface area contributed by atoms with Gasteiger partial charge in [-0.1, -0.05) is 32.0 Å². The van der Waals surface area contributed by atoms with Gasteiger partial charge in [-0.2, -0.15) is 0 Å². The van der Waals surface area contributed by atoms with Crippen LogP contribution in [-0.4, -0.2) is 96.9 Å². The average Bonchev–Trinajstić information content (AvgIpc) is 3.83. The third kappa shape index (κ3) is 7.37. The highest BCUT2D eigenvalue weighted by molar-refractivity contribution is 7.88. The van der Waals surface area contributed by atoms with Crippen molar-refractivity contribution in [1.29, 1.82) is 0 Å². The molecule has 4 aliphatic rings. The van der Waals surface area contributed by atoms with Gasteiger partial charge in [0.05, 0.1) is 28.9 Å². The number of aryl methyl sites for hydroxylation is 1. The third-order valence-corrected chi connectivity index (χ3v) is 11.6. The smallest absolute Gasteiger partial charge is 0.312 e. The van der Waals surface area contributed by atoms with Crippen LogP contribution >= 0.6 is 0 Å². The van der Waals surface area contributed by atoms with E-state index in [1.54, 1.807) is 25.8 Å². The van der Waals surface area contributed by atoms with Crippen LogP contribution < -0.4 is 16.1 Å². The quantitative estimate of drug-likeness (QED) is 0.316. The fourth-order valence-electron chi connectivity index (χ4n) is 7.19. The Balaban J connectivity index is 1.32. The van der Waals surface area contributed by atoms with E-state index < -0.39 is 39.5 Å². The van der Waals surface area contributed by atoms with E-state index in [1.165, 1.54) is 10.6 Å². The van der Waals surface area contributed by atoms with Gasteiger partial charge in [-0.3, -0.25) is 29.7 Å². The Bertz CT molecular complexity index is 1660. The molecule has 5 bridgehead atoms. The second-order valence-electron chi connectivity index (χ2n) is 14.3. The van der Waals surface area contributed by atoms with E-state index in [4.69, 9.17) is 14.5 Å². The van der Waals surface area contributed by atoms with Crippen LogP contribution in [0, 0.1) is 11.3 Å². The molecule has 0 saturated carbocycles. The molecule has 1 spiro atoms. The molecule has 6 rings (SSSR count). The Kier molecular flexibility index (Phi) is 9.84. The summed E-state index contributed by atoms with van der Waals surface area (Å²) in [5, 5.41) is 8.87. The summed E-state index contributed by atoms with van der Waals surface area (Å²) < 4.78 is 38.1. The van der Waals surface area contributed by atoms with Gasteiger partial charge in [-0.25, -0.2) is 18.1 Å². The van der Waals surface area contributed by atoms with Crippen LogP contribution in [0.3, 0.4) is 0 Å². The number of amides is 2. The molecule has 5 heterocycles. The van der Waals surface area contributed by atoms with E-state index in [9.17, 15) is 22.8 Å². The minimum atomic E-state index is -3.43. The zero-order valence-electron chi connectivity index (χ0n) is 28.4. The molecule has 6 atom stereocenters. The Morgan fingerprint density at radius 2 is 1.73 bits per heavy atom. The number of nitrogens with one attached hydrogen (secondary N) is 3. The van der Waals surface area contributed by atoms with E-state index >= 15 is 0 Å². The average molecular weight is 685 g/mol. The van der Waals surface area contributed by atoms with E-state index in [0.29, 0.717) is 19.4 Å². The first-order valence-corrected chi connectivity index (χ1v) is 18.9. The maximum atomic E-state index is 14.1. The normalized spacial score (nSPS) is 30.9. The summed E-state index contributed by atoms with van der Waals surface area (Å²) >= 11 is 0. The van der Waals surface area contributed by atoms with Crippen molar-refractivity contribution in [2.24, 2.45) is 11.3 Å². The molecule has 48 heavy (non-hydrogen) atoms. The fraction of sp³-hybridized carbons (Fsp3) is 0.647. The molecule has 1 aromatic heterocycles. The largest absolute Gasteiger partial charge is 0.452 e. The second kappa shape index (κ2) is 13.6. The number of sulfonamides is 1. The molecular weight excluding hydrogens is 636 g/mol. The zero-order chi connectivity index (χ0) is 34.4. The molecule has 2 aromatic rings. The maximum Gasteiger partial charge on any atom is 0.312 e. The number of ether oxygens (including phenoxy) is 2. The molecule has 3 fully saturated rings. The summed E-state index contributed by atoms with van der Waals surface area (Å²) in [6, 6.07) is 9.13. The second-order valence-corrected chi connectivity index (χ2v) is 16.3. The number of hydrogen-bond acceptors (Lipinski definition) is 10. The van der Waals surface area contributed by atoms with Gasteiger partial charge in [0.2, 0.25) is 10.0 Å². The van der Waals surface area contributed by atoms with Crippen molar-refractivity contribution in [1.82, 2.24) is 30.4 Å². The maximum absolute atomic E-state index is 14.1. The number of hydrogen-bond donors (Lipinski definition) is 3. The lowest BCUT2D eigenvalue weighted by Gasteiger charge is -2.40. The highest BCUT2D eigenvalue weighted by atomic mass is 32.2. The number of carbonyl (C=O) groups is 3. The Morgan fingerprint density at radius 1 is 1.00 bits per heavy atom. The molecule has 3 saturated heterocycles. The van der Waals surface area contributed by atoms with Gasteiger partial charge in [0.15, 0.2) is 6.10 Å². The topological polar surface area (TPSA) is 163 Å². The highest BCUT2D eigenvalue weighted by Gasteiger charge is 2.48. The van der Waals surface area contributed by atoms with Gasteiger partial charge in [-0.05, 0) is 76.0 Å². The van der Waals surface area contributed by atoms with Crippen LogP contribution in [0.15, 0.2) is 30.3 Å². The molecule has 4 aliphatic heterocycles. The highest BCUT2D eigenvalue weighted by Crippen LogP contribution is 2.39. The fourth-order valence-corrected chi connectivity index (χ4v) is 8.04. The lowest BCUT2D eigenvalue weighted by Crippen LogP contribution is -2.60. The predicted molar refractivity (Wildman–Crippen MR) is 179 cm³/mol. The molecule has 1 unspecified atom stereocenters. The van der Waals surface area contributed by atoms with Crippen LogP contribution in [0.25, 0.3) is 10.9 Å². The molecule has 2 amide bonds. The Hall–Kier alpha value is -3.17. The molecule has 0 radical (unpaired) electrons. The van der Waals surface area contributed by atoms with Gasteiger partial charge >= 0.3 is 5.97 Å². The monoisotopic (exact) mass is 684 g/mol. The van der Waals surface area contributed by atoms with Gasteiger partial charge < -0.3 is 14.8 Å². The van der Waals surface area contributed by atoms with Crippen LogP contribution in [0.4, 0.5) is 0 Å². The van der Waals surface area contributed by atoms with Crippen LogP contribution in [0.1, 0.15) is 77.1 Å². The number of carbonyl (C=O) groups excluding carboxylic acids is 3. The molecule has 13 nitrogen and oxygen atoms in total. The van der Waals surface area contributed by atoms with Crippen LogP contribution in [-0.2, 0) is 40.3 Å². The van der Waals surface area contributed by atoms with Crippen molar-refractivity contribution in [3.63, 3.8) is 0 Å². The SMILES string of the molecule is CC(C)[C@@H]1OC(=O)C2(CCc3ccc4ccc(nc4c3)[C@@H](C)N[C@@H]3OC3[C@@H]3CCCN(N3)C(=O)[C@H](C)NC1=O)CCN(S(C)(=O)=O)CC2. The van der Waals surface area contributed by atoms with E-state index in [0.717, 1.165) is 35.0 Å². The van der Waals surface area contributed by atoms with Gasteiger partial charge in [-0.15, -0.1) is 0 Å². The van der Waals surface area contributed by atoms with Gasteiger partial charge in [0, 0.05) is 31.1 Å². The Morgan fingerprint density at radius 3 is 2.44 bits per heavy atom. The van der Waals surface area contributed by atoms with E-state index in [1.807, 2.05) is 37.3 Å². The minimum absolute atomic E-state index is 0.0741. The van der Waals surface area contributed by atoms with Crippen molar-refractivity contribution in [3.05, 3.63) is 41.6 Å². The number of hydrazine groups is 1. The number of epoxide rings is 1. The van der Waals surface area contributed by atoms with Crippen LogP contribution in [0.5, 0.6) is 0 Å². The molecule has 0 aliphatic carbocycles. The van der Waals surface area contributed by atoms with Crippen molar-refractivity contribution < 1.29 is 32.3 Å². The lowest BCUT2D eigenvalue weighted by atomic mass is 9.74. The molecule has 3 N–H and O–H groups in total. The number of fused-ring (bicyclic) bond motifs is 6. The van der Waals surface area contributed by atoms with Crippen molar-refractivity contribution >= 4 is 38.7 Å². The summed E-state index contributed by atoms with van der Waals surface area (Å²) in [6.07, 6.45) is 2.86. The first kappa shape index (κ1) is 34.7. The van der Waals surface area contributed by atoms with Crippen molar-refractivity contribution in [3.8, 4) is 0 Å². The molecular formula is C34H48N6O7S. The summed E-state index contributed by atoms with van der Waals surface area (Å²) in [7, 11) is -3.43. The first-order valence-electron chi connectivity index (χ1n) is 17.1. The number of rotatable bonds is 2. The summed E-state index contributed by atoms with van der Waals surface area (Å²) in [4.78, 5) is 46.2. The van der Waals surface area contributed by atoms with Gasteiger partial charge in [0.1, 0.15) is 18.4 Å². The third-order valence-electron chi connectivity index (χ3n) is 10.3. The summed E-state index contributed by atoms with van der Waals surface area (Å²) in [5.41, 5.74) is 5.03. The number of aromatic nitrogens is 1. The number of nitrogens with zero attached hydrogens (tertiary/aromatic N) is 3. The Labute approximate surface area is 282 Å². The number of esters is 1. The van der Waals surface area contributed by atoms with Crippen molar-refractivity contribution in [2.45, 2.75) is 103 Å². The van der Waals surface area contributed by atoms with Gasteiger partial charge in [0.25, 0.3) is 11.8 Å². The number of cyclic esters (lactones) is 1. The molecule has 14 heteroatoms. The van der Waals surface area contributed by atoms with E-state index in [-0.39, 0.29) is 62.2 Å². The molecule has 1 aromatic carbocycles. The predicted octanol–water partition coefficient (Wildman–Crippen LogP) is 2.17. The first-order chi connectivity index (χ1) is 22.7. The standard InChI is InChI=1S/C34H48N6O7S/c1-20(2)28-30(41)35-22(4)32(42)40-16-6-7-26(38-40)29-31(46-29)36-21(3)25-11-10-24-9-8-23(19-27(24)37-25)12-13-34(33(43)47-28)14-17-39(18-15-34)48(5,44)45/h8-11,19-22,26,28-29,31,36,38H,6-7,12-18H2,1-5H3,(H,35,41)/t21-,22+,26+,28+,29?,31-/m1/s1. The van der Waals surface area contributed by atoms with Crippen molar-refractivity contribution in [2.75, 3.05) is 25.9 Å². The number of piperidine rings is 1. The minimum Gasteiger partial charge on any atom is -0.452 e. The lowest BCUT2D eigenvalue weighted by molar-refractivity contribution is -0.171. The summed E-state index contributed by atoms with van der Waals surface area (Å²) in [5.74, 6) is -1.72. The van der Waals surface area contributed by atoms with E-state index in [2.05, 4.69) is 16.1 Å². The molecule has 262 valence electrons. The summed E-state index contributed by atoms with van der Waals surface area (Å²) in [6.45, 7) is 8.12. The zero-order valence-corrected chi connectivity index (χ0v) is 29.2. The number of pyridine rings is 1.